The van der Waals surface area contributed by atoms with E-state index in [9.17, 15) is 4.79 Å². The first kappa shape index (κ1) is 8.50. The summed E-state index contributed by atoms with van der Waals surface area (Å²) in [6.45, 7) is 0. The van der Waals surface area contributed by atoms with Gasteiger partial charge in [0.2, 0.25) is 0 Å². The summed E-state index contributed by atoms with van der Waals surface area (Å²) in [6.07, 6.45) is 4.83. The fraction of sp³-hybridized carbons (Fsp3) is 0. The molecule has 0 saturated heterocycles. The van der Waals surface area contributed by atoms with Crippen molar-refractivity contribution >= 4 is 5.97 Å². The third-order valence-corrected chi connectivity index (χ3v) is 1.64. The van der Waals surface area contributed by atoms with Crippen LogP contribution in [0.1, 0.15) is 10.5 Å². The third-order valence-electron chi connectivity index (χ3n) is 1.64. The van der Waals surface area contributed by atoms with Crippen molar-refractivity contribution in [1.82, 2.24) is 9.71 Å². The van der Waals surface area contributed by atoms with Crippen LogP contribution in [0.3, 0.4) is 0 Å². The summed E-state index contributed by atoms with van der Waals surface area (Å²) in [5.41, 5.74) is 0.293. The van der Waals surface area contributed by atoms with Crippen molar-refractivity contribution in [2.45, 2.75) is 0 Å². The standard InChI is InChI=1S/C10H8N2O2/c13-10(9-5-1-2-6-11-9)14-12-7-3-4-8-12/h1-8H. The average Bonchev–Trinajstić information content (AvgIpc) is 2.72. The van der Waals surface area contributed by atoms with E-state index in [2.05, 4.69) is 4.98 Å². The van der Waals surface area contributed by atoms with E-state index in [0.717, 1.165) is 0 Å². The van der Waals surface area contributed by atoms with Gasteiger partial charge in [-0.3, -0.25) is 0 Å². The molecular formula is C10H8N2O2. The van der Waals surface area contributed by atoms with Gasteiger partial charge in [0.1, 0.15) is 0 Å². The molecule has 0 aliphatic carbocycles. The molecule has 2 aromatic rings. The molecule has 0 radical (unpaired) electrons. The zero-order valence-corrected chi connectivity index (χ0v) is 7.33. The lowest BCUT2D eigenvalue weighted by Gasteiger charge is -2.02. The van der Waals surface area contributed by atoms with Crippen LogP contribution in [0, 0.1) is 0 Å². The van der Waals surface area contributed by atoms with Gasteiger partial charge in [-0.1, -0.05) is 6.07 Å². The SMILES string of the molecule is O=C(On1cccc1)c1ccccn1. The second-order valence-corrected chi connectivity index (χ2v) is 2.64. The Balaban J connectivity index is 2.11. The van der Waals surface area contributed by atoms with Crippen LogP contribution in [0.4, 0.5) is 0 Å². The minimum absolute atomic E-state index is 0.293. The molecule has 0 N–H and O–H groups in total. The first-order valence-electron chi connectivity index (χ1n) is 4.13. The molecule has 0 aliphatic heterocycles. The van der Waals surface area contributed by atoms with Gasteiger partial charge < -0.3 is 4.84 Å². The normalized spacial score (nSPS) is 9.71. The molecule has 4 nitrogen and oxygen atoms in total. The highest BCUT2D eigenvalue weighted by Gasteiger charge is 2.07. The Bertz CT molecular complexity index is 409. The van der Waals surface area contributed by atoms with Crippen molar-refractivity contribution in [1.29, 1.82) is 0 Å². The van der Waals surface area contributed by atoms with Crippen LogP contribution in [0.2, 0.25) is 0 Å². The second-order valence-electron chi connectivity index (χ2n) is 2.64. The summed E-state index contributed by atoms with van der Waals surface area (Å²) in [5, 5.41) is 0. The predicted molar refractivity (Wildman–Crippen MR) is 49.6 cm³/mol. The van der Waals surface area contributed by atoms with Gasteiger partial charge in [-0.05, 0) is 24.3 Å². The molecule has 0 aromatic carbocycles. The number of rotatable bonds is 2. The minimum atomic E-state index is -0.471. The number of hydrogen-bond acceptors (Lipinski definition) is 3. The topological polar surface area (TPSA) is 44.1 Å². The number of hydrogen-bond donors (Lipinski definition) is 0. The molecule has 0 saturated carbocycles. The molecule has 14 heavy (non-hydrogen) atoms. The Kier molecular flexibility index (Phi) is 2.27. The lowest BCUT2D eigenvalue weighted by molar-refractivity contribution is 0.0456. The number of aromatic nitrogens is 2. The average molecular weight is 188 g/mol. The van der Waals surface area contributed by atoms with E-state index in [1.54, 1.807) is 48.9 Å². The van der Waals surface area contributed by atoms with Gasteiger partial charge in [-0.25, -0.2) is 9.78 Å². The van der Waals surface area contributed by atoms with Gasteiger partial charge in [-0.2, -0.15) is 4.73 Å². The molecule has 0 spiro atoms. The van der Waals surface area contributed by atoms with E-state index in [0.29, 0.717) is 5.69 Å². The summed E-state index contributed by atoms with van der Waals surface area (Å²) in [7, 11) is 0. The van der Waals surface area contributed by atoms with Crippen LogP contribution in [-0.4, -0.2) is 15.7 Å². The molecule has 70 valence electrons. The van der Waals surface area contributed by atoms with Crippen LogP contribution in [0.5, 0.6) is 0 Å². The zero-order valence-electron chi connectivity index (χ0n) is 7.33. The van der Waals surface area contributed by atoms with Crippen molar-refractivity contribution in [3.05, 3.63) is 54.6 Å². The quantitative estimate of drug-likeness (QED) is 0.710. The number of nitrogens with zero attached hydrogens (tertiary/aromatic N) is 2. The third kappa shape index (κ3) is 1.80. The molecular weight excluding hydrogens is 180 g/mol. The molecule has 2 heterocycles. The summed E-state index contributed by atoms with van der Waals surface area (Å²) in [6, 6.07) is 8.62. The van der Waals surface area contributed by atoms with Crippen LogP contribution in [-0.2, 0) is 0 Å². The van der Waals surface area contributed by atoms with Gasteiger partial charge in [0.15, 0.2) is 5.69 Å². The van der Waals surface area contributed by atoms with E-state index in [1.807, 2.05) is 0 Å². The van der Waals surface area contributed by atoms with Gasteiger partial charge >= 0.3 is 5.97 Å². The van der Waals surface area contributed by atoms with E-state index >= 15 is 0 Å². The maximum Gasteiger partial charge on any atom is 0.381 e. The summed E-state index contributed by atoms with van der Waals surface area (Å²) >= 11 is 0. The van der Waals surface area contributed by atoms with Crippen LogP contribution < -0.4 is 4.84 Å². The lowest BCUT2D eigenvalue weighted by atomic mass is 10.4. The van der Waals surface area contributed by atoms with Crippen molar-refractivity contribution in [3.8, 4) is 0 Å². The first-order chi connectivity index (χ1) is 6.86. The minimum Gasteiger partial charge on any atom is -0.330 e. The van der Waals surface area contributed by atoms with Crippen LogP contribution in [0.15, 0.2) is 48.9 Å². The fourth-order valence-electron chi connectivity index (χ4n) is 1.01. The van der Waals surface area contributed by atoms with E-state index < -0.39 is 5.97 Å². The van der Waals surface area contributed by atoms with Crippen molar-refractivity contribution in [2.75, 3.05) is 0 Å². The predicted octanol–water partition coefficient (Wildman–Crippen LogP) is 1.15. The molecule has 0 fully saturated rings. The Labute approximate surface area is 80.7 Å². The smallest absolute Gasteiger partial charge is 0.330 e. The Morgan fingerprint density at radius 2 is 2.00 bits per heavy atom. The summed E-state index contributed by atoms with van der Waals surface area (Å²) in [4.78, 5) is 20.2. The largest absolute Gasteiger partial charge is 0.381 e. The molecule has 0 aliphatic rings. The highest BCUT2D eigenvalue weighted by molar-refractivity contribution is 5.87. The molecule has 0 atom stereocenters. The lowest BCUT2D eigenvalue weighted by Crippen LogP contribution is -2.19. The zero-order chi connectivity index (χ0) is 9.80. The Morgan fingerprint density at radius 1 is 1.21 bits per heavy atom. The molecule has 0 bridgehead atoms. The van der Waals surface area contributed by atoms with Gasteiger partial charge in [0, 0.05) is 18.6 Å². The molecule has 0 unspecified atom stereocenters. The fourth-order valence-corrected chi connectivity index (χ4v) is 1.01. The van der Waals surface area contributed by atoms with E-state index in [1.165, 1.54) is 4.73 Å². The van der Waals surface area contributed by atoms with Crippen LogP contribution in [0.25, 0.3) is 0 Å². The molecule has 2 rings (SSSR count). The van der Waals surface area contributed by atoms with Crippen molar-refractivity contribution < 1.29 is 9.63 Å². The summed E-state index contributed by atoms with van der Waals surface area (Å²) < 4.78 is 1.33. The number of pyridine rings is 1. The summed E-state index contributed by atoms with van der Waals surface area (Å²) in [5.74, 6) is -0.471. The van der Waals surface area contributed by atoms with E-state index in [-0.39, 0.29) is 0 Å². The van der Waals surface area contributed by atoms with Crippen molar-refractivity contribution in [2.24, 2.45) is 0 Å². The van der Waals surface area contributed by atoms with Gasteiger partial charge in [0.05, 0.1) is 0 Å². The highest BCUT2D eigenvalue weighted by atomic mass is 16.7. The molecule has 2 aromatic heterocycles. The number of carbonyl (C=O) groups excluding carboxylic acids is 1. The first-order valence-corrected chi connectivity index (χ1v) is 4.13. The Hall–Kier alpha value is -2.10. The second kappa shape index (κ2) is 3.74. The maximum absolute atomic E-state index is 11.4. The molecule has 4 heteroatoms. The highest BCUT2D eigenvalue weighted by Crippen LogP contribution is 1.95. The van der Waals surface area contributed by atoms with Crippen molar-refractivity contribution in [3.63, 3.8) is 0 Å². The van der Waals surface area contributed by atoms with Gasteiger partial charge in [0.25, 0.3) is 0 Å². The van der Waals surface area contributed by atoms with E-state index in [4.69, 9.17) is 4.84 Å². The van der Waals surface area contributed by atoms with Crippen LogP contribution >= 0.6 is 0 Å². The van der Waals surface area contributed by atoms with Gasteiger partial charge in [-0.15, -0.1) is 0 Å². The number of carbonyl (C=O) groups is 1. The molecule has 0 amide bonds. The monoisotopic (exact) mass is 188 g/mol. The Morgan fingerprint density at radius 3 is 2.64 bits per heavy atom. The maximum atomic E-state index is 11.4.